The summed E-state index contributed by atoms with van der Waals surface area (Å²) in [6, 6.07) is 6.43. The van der Waals surface area contributed by atoms with Crippen LogP contribution >= 0.6 is 31.9 Å². The van der Waals surface area contributed by atoms with E-state index in [1.54, 1.807) is 30.6 Å². The Balaban J connectivity index is 2.18. The summed E-state index contributed by atoms with van der Waals surface area (Å²) >= 11 is 6.40. The molecule has 3 aromatic rings. The first-order chi connectivity index (χ1) is 9.58. The third kappa shape index (κ3) is 2.19. The van der Waals surface area contributed by atoms with Crippen molar-refractivity contribution in [1.29, 1.82) is 0 Å². The van der Waals surface area contributed by atoms with Gasteiger partial charge in [0.2, 0.25) is 0 Å². The summed E-state index contributed by atoms with van der Waals surface area (Å²) in [5.41, 5.74) is 1.01. The highest BCUT2D eigenvalue weighted by atomic mass is 79.9. The van der Waals surface area contributed by atoms with Crippen LogP contribution in [0.1, 0.15) is 15.9 Å². The standard InChI is InChI=1S/C14H7Br2FN2O/c15-7-4-9-10(6-19-14(9)18-5-7)13(20)8-2-1-3-11(16)12(8)17/h1-6H,(H,18,19). The smallest absolute Gasteiger partial charge is 0.198 e. The van der Waals surface area contributed by atoms with Crippen molar-refractivity contribution < 1.29 is 9.18 Å². The Labute approximate surface area is 130 Å². The van der Waals surface area contributed by atoms with Gasteiger partial charge in [-0.2, -0.15) is 0 Å². The van der Waals surface area contributed by atoms with Gasteiger partial charge in [0.15, 0.2) is 5.78 Å². The number of carbonyl (C=O) groups excluding carboxylic acids is 1. The Morgan fingerprint density at radius 2 is 2.05 bits per heavy atom. The second-order valence-corrected chi connectivity index (χ2v) is 5.95. The van der Waals surface area contributed by atoms with Gasteiger partial charge in [0.25, 0.3) is 0 Å². The van der Waals surface area contributed by atoms with Crippen LogP contribution < -0.4 is 0 Å². The largest absolute Gasteiger partial charge is 0.345 e. The Hall–Kier alpha value is -1.53. The lowest BCUT2D eigenvalue weighted by molar-refractivity contribution is 0.103. The molecule has 0 unspecified atom stereocenters. The number of fused-ring (bicyclic) bond motifs is 1. The van der Waals surface area contributed by atoms with Crippen LogP contribution in [0.4, 0.5) is 4.39 Å². The third-order valence-corrected chi connectivity index (χ3v) is 3.98. The van der Waals surface area contributed by atoms with Crippen molar-refractivity contribution in [2.45, 2.75) is 0 Å². The van der Waals surface area contributed by atoms with Gasteiger partial charge in [0.05, 0.1) is 10.0 Å². The summed E-state index contributed by atoms with van der Waals surface area (Å²) in [6.45, 7) is 0. The average molecular weight is 398 g/mol. The maximum atomic E-state index is 14.0. The molecule has 0 atom stereocenters. The second-order valence-electron chi connectivity index (χ2n) is 4.18. The SMILES string of the molecule is O=C(c1cccc(Br)c1F)c1c[nH]c2ncc(Br)cc12. The van der Waals surface area contributed by atoms with Gasteiger partial charge in [-0.25, -0.2) is 9.37 Å². The minimum Gasteiger partial charge on any atom is -0.345 e. The summed E-state index contributed by atoms with van der Waals surface area (Å²) < 4.78 is 15.0. The fourth-order valence-corrected chi connectivity index (χ4v) is 2.69. The van der Waals surface area contributed by atoms with E-state index in [1.807, 2.05) is 0 Å². The summed E-state index contributed by atoms with van der Waals surface area (Å²) in [4.78, 5) is 19.6. The molecule has 3 nitrogen and oxygen atoms in total. The number of H-pyrrole nitrogens is 1. The van der Waals surface area contributed by atoms with E-state index in [0.717, 1.165) is 4.47 Å². The maximum Gasteiger partial charge on any atom is 0.198 e. The highest BCUT2D eigenvalue weighted by molar-refractivity contribution is 9.10. The van der Waals surface area contributed by atoms with Gasteiger partial charge in [-0.1, -0.05) is 6.07 Å². The Morgan fingerprint density at radius 1 is 1.25 bits per heavy atom. The molecule has 0 aliphatic heterocycles. The van der Waals surface area contributed by atoms with Crippen LogP contribution in [0.15, 0.2) is 45.6 Å². The van der Waals surface area contributed by atoms with Crippen molar-refractivity contribution in [3.05, 3.63) is 62.5 Å². The molecule has 6 heteroatoms. The van der Waals surface area contributed by atoms with Gasteiger partial charge < -0.3 is 4.98 Å². The summed E-state index contributed by atoms with van der Waals surface area (Å²) in [5.74, 6) is -0.940. The van der Waals surface area contributed by atoms with Crippen LogP contribution in [-0.4, -0.2) is 15.8 Å². The van der Waals surface area contributed by atoms with Gasteiger partial charge in [0.1, 0.15) is 11.5 Å². The number of nitrogens with one attached hydrogen (secondary N) is 1. The van der Waals surface area contributed by atoms with Gasteiger partial charge in [-0.3, -0.25) is 4.79 Å². The van der Waals surface area contributed by atoms with E-state index in [4.69, 9.17) is 0 Å². The van der Waals surface area contributed by atoms with Crippen LogP contribution in [0.3, 0.4) is 0 Å². The molecule has 1 N–H and O–H groups in total. The fourth-order valence-electron chi connectivity index (χ4n) is 1.99. The lowest BCUT2D eigenvalue weighted by atomic mass is 10.0. The molecule has 2 heterocycles. The molecule has 2 aromatic heterocycles. The molecule has 0 radical (unpaired) electrons. The van der Waals surface area contributed by atoms with Crippen LogP contribution in [0, 0.1) is 5.82 Å². The summed E-state index contributed by atoms with van der Waals surface area (Å²) in [7, 11) is 0. The van der Waals surface area contributed by atoms with E-state index in [9.17, 15) is 9.18 Å². The zero-order chi connectivity index (χ0) is 14.3. The van der Waals surface area contributed by atoms with Crippen LogP contribution in [0.5, 0.6) is 0 Å². The quantitative estimate of drug-likeness (QED) is 0.649. The van der Waals surface area contributed by atoms with Crippen molar-refractivity contribution in [3.63, 3.8) is 0 Å². The number of aromatic nitrogens is 2. The van der Waals surface area contributed by atoms with E-state index in [0.29, 0.717) is 16.6 Å². The predicted octanol–water partition coefficient (Wildman–Crippen LogP) is 4.46. The Kier molecular flexibility index (Phi) is 3.43. The molecular formula is C14H7Br2FN2O. The molecule has 0 saturated heterocycles. The van der Waals surface area contributed by atoms with Crippen LogP contribution in [0.2, 0.25) is 0 Å². The minimum absolute atomic E-state index is 0.0280. The molecule has 0 fully saturated rings. The zero-order valence-corrected chi connectivity index (χ0v) is 13.1. The normalized spacial score (nSPS) is 10.9. The average Bonchev–Trinajstić information content (AvgIpc) is 2.84. The van der Waals surface area contributed by atoms with E-state index >= 15 is 0 Å². The molecule has 0 bridgehead atoms. The number of halogens is 3. The van der Waals surface area contributed by atoms with E-state index in [-0.39, 0.29) is 15.8 Å². The van der Waals surface area contributed by atoms with Gasteiger partial charge in [0, 0.05) is 27.8 Å². The number of ketones is 1. The molecule has 0 saturated carbocycles. The van der Waals surface area contributed by atoms with Crippen molar-refractivity contribution in [1.82, 2.24) is 9.97 Å². The lowest BCUT2D eigenvalue weighted by Crippen LogP contribution is -2.04. The van der Waals surface area contributed by atoms with Crippen molar-refractivity contribution in [2.75, 3.05) is 0 Å². The first-order valence-corrected chi connectivity index (χ1v) is 7.28. The van der Waals surface area contributed by atoms with E-state index in [1.165, 1.54) is 6.07 Å². The van der Waals surface area contributed by atoms with E-state index in [2.05, 4.69) is 41.8 Å². The molecule has 0 amide bonds. The summed E-state index contributed by atoms with van der Waals surface area (Å²) in [6.07, 6.45) is 3.18. The van der Waals surface area contributed by atoms with Crippen molar-refractivity contribution in [2.24, 2.45) is 0 Å². The molecule has 0 aliphatic rings. The van der Waals surface area contributed by atoms with Gasteiger partial charge >= 0.3 is 0 Å². The predicted molar refractivity (Wildman–Crippen MR) is 81.3 cm³/mol. The van der Waals surface area contributed by atoms with Crippen molar-refractivity contribution in [3.8, 4) is 0 Å². The van der Waals surface area contributed by atoms with Gasteiger partial charge in [-0.05, 0) is 50.1 Å². The van der Waals surface area contributed by atoms with Gasteiger partial charge in [-0.15, -0.1) is 0 Å². The minimum atomic E-state index is -0.560. The first kappa shape index (κ1) is 13.5. The second kappa shape index (κ2) is 5.10. The zero-order valence-electron chi connectivity index (χ0n) is 9.95. The molecule has 20 heavy (non-hydrogen) atoms. The fraction of sp³-hybridized carbons (Fsp3) is 0. The number of hydrogen-bond donors (Lipinski definition) is 1. The monoisotopic (exact) mass is 396 g/mol. The molecule has 0 spiro atoms. The highest BCUT2D eigenvalue weighted by Gasteiger charge is 2.19. The van der Waals surface area contributed by atoms with E-state index < -0.39 is 5.82 Å². The highest BCUT2D eigenvalue weighted by Crippen LogP contribution is 2.26. The topological polar surface area (TPSA) is 45.8 Å². The van der Waals surface area contributed by atoms with Crippen LogP contribution in [-0.2, 0) is 0 Å². The number of carbonyl (C=O) groups is 1. The lowest BCUT2D eigenvalue weighted by Gasteiger charge is -2.03. The number of hydrogen-bond acceptors (Lipinski definition) is 2. The molecule has 0 aliphatic carbocycles. The number of rotatable bonds is 2. The number of nitrogens with zero attached hydrogens (tertiary/aromatic N) is 1. The first-order valence-electron chi connectivity index (χ1n) is 5.69. The molecule has 100 valence electrons. The summed E-state index contributed by atoms with van der Waals surface area (Å²) in [5, 5.41) is 0.656. The van der Waals surface area contributed by atoms with Crippen molar-refractivity contribution >= 4 is 48.7 Å². The molecule has 3 rings (SSSR count). The third-order valence-electron chi connectivity index (χ3n) is 2.94. The molecular weight excluding hydrogens is 391 g/mol. The Morgan fingerprint density at radius 3 is 2.85 bits per heavy atom. The maximum absolute atomic E-state index is 14.0. The number of aromatic amines is 1. The number of benzene rings is 1. The van der Waals surface area contributed by atoms with Crippen LogP contribution in [0.25, 0.3) is 11.0 Å². The molecule has 1 aromatic carbocycles. The number of pyridine rings is 1. The Bertz CT molecular complexity index is 829.